The van der Waals surface area contributed by atoms with E-state index < -0.39 is 0 Å². The lowest BCUT2D eigenvalue weighted by molar-refractivity contribution is -0.902. The molecule has 1 saturated heterocycles. The molecule has 4 rings (SSSR count). The fourth-order valence-electron chi connectivity index (χ4n) is 3.48. The highest BCUT2D eigenvalue weighted by molar-refractivity contribution is 6.02. The minimum absolute atomic E-state index is 0.242. The van der Waals surface area contributed by atoms with Crippen LogP contribution in [0.5, 0.6) is 0 Å². The van der Waals surface area contributed by atoms with Gasteiger partial charge < -0.3 is 15.3 Å². The fourth-order valence-corrected chi connectivity index (χ4v) is 3.48. The summed E-state index contributed by atoms with van der Waals surface area (Å²) in [6.45, 7) is 4.22. The summed E-state index contributed by atoms with van der Waals surface area (Å²) in [7, 11) is 0. The number of carbonyl (C=O) groups excluding carboxylic acids is 1. The van der Waals surface area contributed by atoms with Gasteiger partial charge in [-0.05, 0) is 31.2 Å². The van der Waals surface area contributed by atoms with Crippen molar-refractivity contribution in [3.05, 3.63) is 59.8 Å². The average Bonchev–Trinajstić information content (AvgIpc) is 3.19. The number of nitrogens with one attached hydrogen (secondary N) is 2. The van der Waals surface area contributed by atoms with Gasteiger partial charge in [0.15, 0.2) is 0 Å². The normalized spacial score (nSPS) is 19.8. The summed E-state index contributed by atoms with van der Waals surface area (Å²) in [6.07, 6.45) is 2.42. The zero-order valence-electron chi connectivity index (χ0n) is 14.6. The van der Waals surface area contributed by atoms with E-state index in [2.05, 4.69) is 15.3 Å². The molecule has 1 aliphatic rings. The first-order valence-electron chi connectivity index (χ1n) is 8.83. The van der Waals surface area contributed by atoms with Crippen LogP contribution in [0.3, 0.4) is 0 Å². The number of amides is 1. The highest BCUT2D eigenvalue weighted by atomic mass is 16.3. The Morgan fingerprint density at radius 1 is 1.31 bits per heavy atom. The standard InChI is InChI=1S/C19H21N5O2/c1-13-5-4-7-17(20-13)22-19(26)18-21-15(12-23-10-8-14(25)11-23)16-6-2-3-9-24(16)18/h2-7,9,14,25H,8,10-12H2,1H3,(H,20,22,26)/p+1. The number of likely N-dealkylation sites (tertiary alicyclic amines) is 1. The largest absolute Gasteiger partial charge is 0.387 e. The van der Waals surface area contributed by atoms with Crippen molar-refractivity contribution in [2.75, 3.05) is 18.4 Å². The van der Waals surface area contributed by atoms with Gasteiger partial charge in [0.05, 0.1) is 12.1 Å². The van der Waals surface area contributed by atoms with E-state index in [9.17, 15) is 9.90 Å². The summed E-state index contributed by atoms with van der Waals surface area (Å²) >= 11 is 0. The average molecular weight is 352 g/mol. The number of pyridine rings is 2. The van der Waals surface area contributed by atoms with Crippen molar-refractivity contribution in [2.45, 2.75) is 26.0 Å². The third-order valence-corrected chi connectivity index (χ3v) is 4.73. The first kappa shape index (κ1) is 16.7. The van der Waals surface area contributed by atoms with E-state index in [1.807, 2.05) is 47.9 Å². The number of carbonyl (C=O) groups is 1. The number of nitrogens with zero attached hydrogens (tertiary/aromatic N) is 3. The van der Waals surface area contributed by atoms with Gasteiger partial charge in [-0.25, -0.2) is 9.97 Å². The summed E-state index contributed by atoms with van der Waals surface area (Å²) in [5.74, 6) is 0.572. The molecule has 0 aliphatic carbocycles. The third-order valence-electron chi connectivity index (χ3n) is 4.73. The summed E-state index contributed by atoms with van der Waals surface area (Å²) in [5.41, 5.74) is 2.63. The number of aryl methyl sites for hydroxylation is 1. The van der Waals surface area contributed by atoms with E-state index in [-0.39, 0.29) is 12.0 Å². The number of imidazole rings is 1. The van der Waals surface area contributed by atoms with Crippen molar-refractivity contribution in [3.8, 4) is 0 Å². The van der Waals surface area contributed by atoms with Gasteiger partial charge in [0.25, 0.3) is 5.91 Å². The Morgan fingerprint density at radius 3 is 2.96 bits per heavy atom. The van der Waals surface area contributed by atoms with Gasteiger partial charge in [-0.2, -0.15) is 0 Å². The lowest BCUT2D eigenvalue weighted by Gasteiger charge is -2.10. The first-order valence-corrected chi connectivity index (χ1v) is 8.83. The number of aliphatic hydroxyl groups excluding tert-OH is 1. The number of aliphatic hydroxyl groups is 1. The number of aromatic nitrogens is 3. The molecule has 3 N–H and O–H groups in total. The Morgan fingerprint density at radius 2 is 2.19 bits per heavy atom. The molecule has 1 aliphatic heterocycles. The molecule has 1 amide bonds. The predicted octanol–water partition coefficient (Wildman–Crippen LogP) is 0.440. The Hall–Kier alpha value is -2.77. The van der Waals surface area contributed by atoms with Gasteiger partial charge in [0.1, 0.15) is 30.7 Å². The summed E-state index contributed by atoms with van der Waals surface area (Å²) in [5, 5.41) is 12.6. The molecule has 134 valence electrons. The van der Waals surface area contributed by atoms with Crippen molar-refractivity contribution in [3.63, 3.8) is 0 Å². The molecular formula is C19H22N5O2+. The van der Waals surface area contributed by atoms with Crippen molar-refractivity contribution in [1.82, 2.24) is 14.4 Å². The second-order valence-corrected chi connectivity index (χ2v) is 6.78. The number of hydrogen-bond acceptors (Lipinski definition) is 4. The van der Waals surface area contributed by atoms with Gasteiger partial charge in [0.2, 0.25) is 5.82 Å². The molecule has 0 bridgehead atoms. The van der Waals surface area contributed by atoms with Crippen molar-refractivity contribution >= 4 is 17.2 Å². The maximum Gasteiger partial charge on any atom is 0.293 e. The maximum absolute atomic E-state index is 12.8. The Bertz CT molecular complexity index is 952. The molecule has 2 unspecified atom stereocenters. The van der Waals surface area contributed by atoms with Crippen LogP contribution < -0.4 is 10.2 Å². The lowest BCUT2D eigenvalue weighted by Crippen LogP contribution is -3.09. The second kappa shape index (κ2) is 6.86. The molecule has 26 heavy (non-hydrogen) atoms. The molecule has 3 aromatic rings. The molecule has 4 heterocycles. The Balaban J connectivity index is 1.63. The quantitative estimate of drug-likeness (QED) is 0.636. The second-order valence-electron chi connectivity index (χ2n) is 6.78. The summed E-state index contributed by atoms with van der Waals surface area (Å²) < 4.78 is 1.81. The van der Waals surface area contributed by atoms with Gasteiger partial charge in [-0.15, -0.1) is 0 Å². The van der Waals surface area contributed by atoms with Crippen molar-refractivity contribution in [1.29, 1.82) is 0 Å². The SMILES string of the molecule is Cc1cccc(NC(=O)c2nc(C[NH+]3CCC(O)C3)c3ccccn23)n1. The van der Waals surface area contributed by atoms with E-state index in [0.29, 0.717) is 18.2 Å². The molecule has 0 saturated carbocycles. The van der Waals surface area contributed by atoms with Crippen molar-refractivity contribution < 1.29 is 14.8 Å². The molecule has 7 nitrogen and oxygen atoms in total. The van der Waals surface area contributed by atoms with Crippen LogP contribution >= 0.6 is 0 Å². The zero-order valence-corrected chi connectivity index (χ0v) is 14.6. The molecule has 3 aromatic heterocycles. The van der Waals surface area contributed by atoms with Gasteiger partial charge >= 0.3 is 0 Å². The highest BCUT2D eigenvalue weighted by Gasteiger charge is 2.27. The fraction of sp³-hybridized carbons (Fsp3) is 0.316. The van der Waals surface area contributed by atoms with E-state index >= 15 is 0 Å². The van der Waals surface area contributed by atoms with E-state index in [4.69, 9.17) is 0 Å². The van der Waals surface area contributed by atoms with Crippen LogP contribution in [0.15, 0.2) is 42.6 Å². The summed E-state index contributed by atoms with van der Waals surface area (Å²) in [4.78, 5) is 23.0. The lowest BCUT2D eigenvalue weighted by atomic mass is 10.3. The van der Waals surface area contributed by atoms with Crippen molar-refractivity contribution in [2.24, 2.45) is 0 Å². The van der Waals surface area contributed by atoms with Gasteiger partial charge in [-0.3, -0.25) is 9.20 Å². The molecule has 0 aromatic carbocycles. The van der Waals surface area contributed by atoms with Gasteiger partial charge in [-0.1, -0.05) is 12.1 Å². The van der Waals surface area contributed by atoms with Crippen LogP contribution in [0, 0.1) is 6.92 Å². The van der Waals surface area contributed by atoms with E-state index in [1.165, 1.54) is 4.90 Å². The van der Waals surface area contributed by atoms with Crippen LogP contribution in [-0.4, -0.2) is 44.6 Å². The highest BCUT2D eigenvalue weighted by Crippen LogP contribution is 2.14. The van der Waals surface area contributed by atoms with Crippen LogP contribution in [0.25, 0.3) is 5.52 Å². The van der Waals surface area contributed by atoms with E-state index in [0.717, 1.165) is 36.4 Å². The molecule has 2 atom stereocenters. The zero-order chi connectivity index (χ0) is 18.1. The molecular weight excluding hydrogens is 330 g/mol. The maximum atomic E-state index is 12.8. The topological polar surface area (TPSA) is 84.0 Å². The monoisotopic (exact) mass is 352 g/mol. The molecule has 0 radical (unpaired) electrons. The Labute approximate surface area is 151 Å². The van der Waals surface area contributed by atoms with Crippen LogP contribution in [0.4, 0.5) is 5.82 Å². The summed E-state index contributed by atoms with van der Waals surface area (Å²) in [6, 6.07) is 11.3. The number of hydrogen-bond donors (Lipinski definition) is 3. The molecule has 1 fully saturated rings. The molecule has 7 heteroatoms. The number of rotatable bonds is 4. The van der Waals surface area contributed by atoms with E-state index in [1.54, 1.807) is 6.07 Å². The Kier molecular flexibility index (Phi) is 4.40. The van der Waals surface area contributed by atoms with Gasteiger partial charge in [0, 0.05) is 18.3 Å². The number of anilines is 1. The number of fused-ring (bicyclic) bond motifs is 1. The first-order chi connectivity index (χ1) is 12.6. The van der Waals surface area contributed by atoms with Crippen LogP contribution in [0.1, 0.15) is 28.4 Å². The predicted molar refractivity (Wildman–Crippen MR) is 97.1 cm³/mol. The number of quaternary nitrogens is 1. The smallest absolute Gasteiger partial charge is 0.293 e. The van der Waals surface area contributed by atoms with Crippen LogP contribution in [-0.2, 0) is 6.54 Å². The third kappa shape index (κ3) is 3.31. The molecule has 0 spiro atoms. The van der Waals surface area contributed by atoms with Crippen LogP contribution in [0.2, 0.25) is 0 Å². The minimum atomic E-state index is -0.285. The minimum Gasteiger partial charge on any atom is -0.387 e.